The predicted molar refractivity (Wildman–Crippen MR) is 110 cm³/mol. The number of carbonyl (C=O) groups is 4. The van der Waals surface area contributed by atoms with E-state index in [1.807, 2.05) is 63.3 Å². The topological polar surface area (TPSA) is 84.0 Å². The molecule has 1 fully saturated rings. The average molecular weight is 412 g/mol. The molecule has 1 aromatic carbocycles. The number of rotatable bonds is 6. The highest BCUT2D eigenvalue weighted by Gasteiger charge is 2.47. The summed E-state index contributed by atoms with van der Waals surface area (Å²) in [7, 11) is 0. The van der Waals surface area contributed by atoms with Crippen LogP contribution in [0.1, 0.15) is 39.2 Å². The summed E-state index contributed by atoms with van der Waals surface area (Å²) in [4.78, 5) is 52.6. The molecule has 1 aliphatic heterocycles. The van der Waals surface area contributed by atoms with Crippen LogP contribution in [0.2, 0.25) is 0 Å². The molecule has 3 rings (SSSR count). The van der Waals surface area contributed by atoms with Gasteiger partial charge in [0, 0.05) is 12.1 Å². The molecule has 2 atom stereocenters. The third-order valence-electron chi connectivity index (χ3n) is 5.54. The molecule has 0 aromatic heterocycles. The van der Waals surface area contributed by atoms with E-state index in [9.17, 15) is 19.2 Å². The summed E-state index contributed by atoms with van der Waals surface area (Å²) >= 11 is 0. The number of hydrogen-bond donors (Lipinski definition) is 0. The highest BCUT2D eigenvalue weighted by atomic mass is 16.5. The third-order valence-corrected chi connectivity index (χ3v) is 5.54. The fourth-order valence-corrected chi connectivity index (χ4v) is 3.89. The van der Waals surface area contributed by atoms with Crippen molar-refractivity contribution in [3.05, 3.63) is 48.0 Å². The molecule has 30 heavy (non-hydrogen) atoms. The first kappa shape index (κ1) is 21.7. The van der Waals surface area contributed by atoms with Gasteiger partial charge in [0.1, 0.15) is 6.54 Å². The molecule has 1 saturated heterocycles. The predicted octanol–water partition coefficient (Wildman–Crippen LogP) is 2.31. The van der Waals surface area contributed by atoms with Crippen molar-refractivity contribution in [2.24, 2.45) is 11.8 Å². The minimum atomic E-state index is -0.759. The standard InChI is InChI=1S/C23H28N2O5/c1-23(2,3)25(13-16-9-5-4-6-10-16)19(26)15-30-20(27)14-24-21(28)17-11-7-8-12-18(17)22(24)29/h4-10,17-18H,11-15H2,1-3H3/t17-,18+. The lowest BCUT2D eigenvalue weighted by Crippen LogP contribution is -2.47. The first-order chi connectivity index (χ1) is 14.2. The fraction of sp³-hybridized carbons (Fsp3) is 0.478. The number of esters is 1. The van der Waals surface area contributed by atoms with Crippen LogP contribution in [0.4, 0.5) is 0 Å². The van der Waals surface area contributed by atoms with Gasteiger partial charge in [0.15, 0.2) is 6.61 Å². The van der Waals surface area contributed by atoms with E-state index in [0.717, 1.165) is 10.5 Å². The molecular formula is C23H28N2O5. The Balaban J connectivity index is 1.57. The smallest absolute Gasteiger partial charge is 0.326 e. The SMILES string of the molecule is CC(C)(C)N(Cc1ccccc1)C(=O)COC(=O)CN1C(=O)[C@H]2CC=CC[C@H]2C1=O. The van der Waals surface area contributed by atoms with Crippen molar-refractivity contribution in [2.75, 3.05) is 13.2 Å². The first-order valence-electron chi connectivity index (χ1n) is 10.2. The summed E-state index contributed by atoms with van der Waals surface area (Å²) in [5, 5.41) is 0. The molecule has 0 unspecified atom stereocenters. The Bertz CT molecular complexity index is 830. The van der Waals surface area contributed by atoms with E-state index in [4.69, 9.17) is 4.74 Å². The number of ether oxygens (including phenoxy) is 1. The molecule has 1 heterocycles. The monoisotopic (exact) mass is 412 g/mol. The zero-order valence-corrected chi connectivity index (χ0v) is 17.7. The van der Waals surface area contributed by atoms with E-state index in [0.29, 0.717) is 19.4 Å². The van der Waals surface area contributed by atoms with Gasteiger partial charge in [0.2, 0.25) is 11.8 Å². The van der Waals surface area contributed by atoms with E-state index in [2.05, 4.69) is 0 Å². The molecule has 0 N–H and O–H groups in total. The van der Waals surface area contributed by atoms with Gasteiger partial charge in [0.25, 0.3) is 5.91 Å². The van der Waals surface area contributed by atoms with Crippen LogP contribution in [0, 0.1) is 11.8 Å². The lowest BCUT2D eigenvalue weighted by atomic mass is 9.85. The number of carbonyl (C=O) groups excluding carboxylic acids is 4. The van der Waals surface area contributed by atoms with Gasteiger partial charge in [-0.15, -0.1) is 0 Å². The van der Waals surface area contributed by atoms with Crippen LogP contribution in [0.15, 0.2) is 42.5 Å². The van der Waals surface area contributed by atoms with E-state index in [1.54, 1.807) is 4.90 Å². The average Bonchev–Trinajstić information content (AvgIpc) is 2.95. The maximum Gasteiger partial charge on any atom is 0.326 e. The van der Waals surface area contributed by atoms with Gasteiger partial charge in [-0.3, -0.25) is 24.1 Å². The Labute approximate surface area is 176 Å². The Hall–Kier alpha value is -2.96. The minimum Gasteiger partial charge on any atom is -0.454 e. The lowest BCUT2D eigenvalue weighted by Gasteiger charge is -2.35. The Morgan fingerprint density at radius 3 is 2.13 bits per heavy atom. The van der Waals surface area contributed by atoms with Crippen molar-refractivity contribution in [3.63, 3.8) is 0 Å². The summed E-state index contributed by atoms with van der Waals surface area (Å²) < 4.78 is 5.14. The zero-order valence-electron chi connectivity index (χ0n) is 17.7. The van der Waals surface area contributed by atoms with Gasteiger partial charge in [-0.2, -0.15) is 0 Å². The van der Waals surface area contributed by atoms with Gasteiger partial charge in [-0.05, 0) is 39.2 Å². The lowest BCUT2D eigenvalue weighted by molar-refractivity contribution is -0.158. The van der Waals surface area contributed by atoms with Gasteiger partial charge >= 0.3 is 5.97 Å². The number of imide groups is 1. The minimum absolute atomic E-state index is 0.335. The second kappa shape index (κ2) is 8.81. The van der Waals surface area contributed by atoms with E-state index < -0.39 is 24.7 Å². The van der Waals surface area contributed by atoms with Crippen LogP contribution in [0.3, 0.4) is 0 Å². The van der Waals surface area contributed by atoms with E-state index in [1.165, 1.54) is 0 Å². The maximum absolute atomic E-state index is 12.8. The third kappa shape index (κ3) is 4.78. The van der Waals surface area contributed by atoms with Crippen molar-refractivity contribution >= 4 is 23.7 Å². The van der Waals surface area contributed by atoms with Crippen molar-refractivity contribution in [1.29, 1.82) is 0 Å². The summed E-state index contributed by atoms with van der Waals surface area (Å²) in [6.07, 6.45) is 4.81. The number of amides is 3. The number of fused-ring (bicyclic) bond motifs is 1. The van der Waals surface area contributed by atoms with E-state index >= 15 is 0 Å². The zero-order chi connectivity index (χ0) is 21.9. The summed E-state index contributed by atoms with van der Waals surface area (Å²) in [6.45, 7) is 5.23. The number of allylic oxidation sites excluding steroid dienone is 2. The summed E-state index contributed by atoms with van der Waals surface area (Å²) in [5.74, 6) is -2.55. The van der Waals surface area contributed by atoms with Crippen LogP contribution in [-0.4, -0.2) is 52.2 Å². The Morgan fingerprint density at radius 2 is 1.60 bits per heavy atom. The Morgan fingerprint density at radius 1 is 1.03 bits per heavy atom. The van der Waals surface area contributed by atoms with Crippen LogP contribution in [0.5, 0.6) is 0 Å². The van der Waals surface area contributed by atoms with Gasteiger partial charge in [-0.25, -0.2) is 0 Å². The highest BCUT2D eigenvalue weighted by Crippen LogP contribution is 2.34. The largest absolute Gasteiger partial charge is 0.454 e. The van der Waals surface area contributed by atoms with Crippen LogP contribution < -0.4 is 0 Å². The molecule has 2 aliphatic rings. The molecule has 0 saturated carbocycles. The quantitative estimate of drug-likeness (QED) is 0.407. The van der Waals surface area contributed by atoms with Crippen LogP contribution >= 0.6 is 0 Å². The molecule has 0 radical (unpaired) electrons. The number of hydrogen-bond acceptors (Lipinski definition) is 5. The van der Waals surface area contributed by atoms with Gasteiger partial charge in [-0.1, -0.05) is 42.5 Å². The molecule has 0 bridgehead atoms. The highest BCUT2D eigenvalue weighted by molar-refractivity contribution is 6.07. The second-order valence-electron chi connectivity index (χ2n) is 8.72. The fourth-order valence-electron chi connectivity index (χ4n) is 3.89. The molecule has 3 amide bonds. The summed E-state index contributed by atoms with van der Waals surface area (Å²) in [5.41, 5.74) is 0.500. The normalized spacial score (nSPS) is 20.8. The van der Waals surface area contributed by atoms with Crippen molar-refractivity contribution < 1.29 is 23.9 Å². The molecule has 0 spiro atoms. The van der Waals surface area contributed by atoms with Crippen LogP contribution in [0.25, 0.3) is 0 Å². The number of benzene rings is 1. The van der Waals surface area contributed by atoms with Crippen molar-refractivity contribution in [1.82, 2.24) is 9.80 Å². The summed E-state index contributed by atoms with van der Waals surface area (Å²) in [6, 6.07) is 9.56. The van der Waals surface area contributed by atoms with Gasteiger partial charge in [0.05, 0.1) is 11.8 Å². The molecule has 7 nitrogen and oxygen atoms in total. The van der Waals surface area contributed by atoms with Crippen molar-refractivity contribution in [2.45, 2.75) is 45.7 Å². The molecular weight excluding hydrogens is 384 g/mol. The van der Waals surface area contributed by atoms with E-state index in [-0.39, 0.29) is 29.6 Å². The molecule has 160 valence electrons. The second-order valence-corrected chi connectivity index (χ2v) is 8.72. The Kier molecular flexibility index (Phi) is 6.39. The molecule has 1 aromatic rings. The number of nitrogens with zero attached hydrogens (tertiary/aromatic N) is 2. The molecule has 1 aliphatic carbocycles. The van der Waals surface area contributed by atoms with Gasteiger partial charge < -0.3 is 9.64 Å². The first-order valence-corrected chi connectivity index (χ1v) is 10.2. The molecule has 7 heteroatoms. The van der Waals surface area contributed by atoms with Crippen LogP contribution in [-0.2, 0) is 30.5 Å². The number of likely N-dealkylation sites (tertiary alicyclic amines) is 1. The maximum atomic E-state index is 12.8. The van der Waals surface area contributed by atoms with Crippen molar-refractivity contribution in [3.8, 4) is 0 Å².